The number of hydrogen-bond acceptors (Lipinski definition) is 5. The number of carboxylic acid groups (broad SMARTS) is 1. The van der Waals surface area contributed by atoms with Crippen LogP contribution in [0.2, 0.25) is 0 Å². The summed E-state index contributed by atoms with van der Waals surface area (Å²) in [5.74, 6) is -1.62. The minimum atomic E-state index is -1.19. The van der Waals surface area contributed by atoms with Gasteiger partial charge in [-0.3, -0.25) is 4.79 Å². The maximum atomic E-state index is 11.4. The van der Waals surface area contributed by atoms with Crippen molar-refractivity contribution < 1.29 is 24.2 Å². The first kappa shape index (κ1) is 16.6. The van der Waals surface area contributed by atoms with Gasteiger partial charge < -0.3 is 25.3 Å². The summed E-state index contributed by atoms with van der Waals surface area (Å²) in [6, 6.07) is 7.34. The number of benzene rings is 1. The highest BCUT2D eigenvalue weighted by Crippen LogP contribution is 2.25. The number of methoxy groups -OCH3 is 1. The van der Waals surface area contributed by atoms with E-state index in [2.05, 4.69) is 9.72 Å². The molecular weight excluding hydrogens is 300 g/mol. The van der Waals surface area contributed by atoms with Crippen molar-refractivity contribution in [1.29, 1.82) is 0 Å². The number of aromatic carboxylic acids is 1. The first-order chi connectivity index (χ1) is 11.1. The molecule has 2 aromatic rings. The monoisotopic (exact) mass is 317 g/mol. The molecule has 1 aromatic carbocycles. The first-order valence-electron chi connectivity index (χ1n) is 6.85. The van der Waals surface area contributed by atoms with Gasteiger partial charge in [0.1, 0.15) is 5.56 Å². The number of aromatic nitrogens is 1. The molecule has 7 nitrogen and oxygen atoms in total. The molecule has 0 saturated carbocycles. The van der Waals surface area contributed by atoms with Crippen LogP contribution in [-0.4, -0.2) is 29.1 Å². The highest BCUT2D eigenvalue weighted by Gasteiger charge is 2.21. The average molecular weight is 317 g/mol. The summed E-state index contributed by atoms with van der Waals surface area (Å²) in [5, 5.41) is 9.33. The molecule has 4 N–H and O–H groups in total. The van der Waals surface area contributed by atoms with Crippen molar-refractivity contribution in [1.82, 2.24) is 4.98 Å². The third-order valence-electron chi connectivity index (χ3n) is 3.28. The number of esters is 1. The predicted molar refractivity (Wildman–Crippen MR) is 81.8 cm³/mol. The second kappa shape index (κ2) is 7.46. The van der Waals surface area contributed by atoms with Gasteiger partial charge in [-0.15, -0.1) is 0 Å². The van der Waals surface area contributed by atoms with Crippen LogP contribution in [0.1, 0.15) is 27.2 Å². The first-order valence-corrected chi connectivity index (χ1v) is 6.85. The molecular formula is C16H17N2O5. The zero-order valence-electron chi connectivity index (χ0n) is 12.5. The fourth-order valence-electron chi connectivity index (χ4n) is 2.09. The molecule has 0 unspecified atom stereocenters. The van der Waals surface area contributed by atoms with Crippen LogP contribution in [-0.2, 0) is 22.5 Å². The number of rotatable bonds is 7. The Balaban J connectivity index is 2.20. The third-order valence-corrected chi connectivity index (χ3v) is 3.28. The summed E-state index contributed by atoms with van der Waals surface area (Å²) in [6.45, 7) is 1.77. The number of nitrogens with one attached hydrogen (secondary N) is 1. The second-order valence-electron chi connectivity index (χ2n) is 4.70. The number of nitrogens with two attached hydrogens (primary N) is 1. The van der Waals surface area contributed by atoms with Crippen molar-refractivity contribution in [2.24, 2.45) is 5.73 Å². The largest absolute Gasteiger partial charge is 0.479 e. The quantitative estimate of drug-likeness (QED) is 0.666. The molecule has 1 radical (unpaired) electrons. The molecule has 7 heteroatoms. The van der Waals surface area contributed by atoms with E-state index >= 15 is 0 Å². The average Bonchev–Trinajstić information content (AvgIpc) is 2.95. The Labute approximate surface area is 133 Å². The van der Waals surface area contributed by atoms with E-state index < -0.39 is 11.9 Å². The lowest BCUT2D eigenvalue weighted by Gasteiger charge is -2.08. The zero-order valence-corrected chi connectivity index (χ0v) is 12.5. The third kappa shape index (κ3) is 3.89. The van der Waals surface area contributed by atoms with Crippen LogP contribution in [0.15, 0.2) is 30.5 Å². The van der Waals surface area contributed by atoms with Gasteiger partial charge in [-0.05, 0) is 5.56 Å². The molecule has 0 aliphatic rings. The van der Waals surface area contributed by atoms with Crippen LogP contribution in [0.25, 0.3) is 0 Å². The molecule has 2 rings (SSSR count). The minimum Gasteiger partial charge on any atom is -0.479 e. The number of aromatic amines is 1. The lowest BCUT2D eigenvalue weighted by atomic mass is 10.1. The lowest BCUT2D eigenvalue weighted by molar-refractivity contribution is -0.139. The van der Waals surface area contributed by atoms with Gasteiger partial charge in [-0.1, -0.05) is 24.3 Å². The van der Waals surface area contributed by atoms with Crippen molar-refractivity contribution in [3.63, 3.8) is 0 Å². The van der Waals surface area contributed by atoms with E-state index in [9.17, 15) is 14.7 Å². The van der Waals surface area contributed by atoms with Crippen molar-refractivity contribution in [3.05, 3.63) is 59.5 Å². The van der Waals surface area contributed by atoms with Gasteiger partial charge in [0.15, 0.2) is 12.4 Å². The van der Waals surface area contributed by atoms with Crippen LogP contribution in [0.3, 0.4) is 0 Å². The summed E-state index contributed by atoms with van der Waals surface area (Å²) in [5.41, 5.74) is 7.39. The number of H-pyrrole nitrogens is 1. The molecule has 0 atom stereocenters. The van der Waals surface area contributed by atoms with E-state index in [4.69, 9.17) is 10.5 Å². The van der Waals surface area contributed by atoms with Crippen LogP contribution in [0.5, 0.6) is 5.75 Å². The van der Waals surface area contributed by atoms with Gasteiger partial charge in [0, 0.05) is 24.0 Å². The Morgan fingerprint density at radius 2 is 2.09 bits per heavy atom. The molecule has 0 bridgehead atoms. The van der Waals surface area contributed by atoms with Crippen molar-refractivity contribution in [3.8, 4) is 5.75 Å². The standard InChI is InChI=1S/C16H17N2O5/c1-22-14(19)6-12-15(16(20)21)13(8-18-12)23-9-11-5-3-2-4-10(11)7-17/h2-5,8-9,18H,6-7,17H2,1H3,(H,20,21). The summed E-state index contributed by atoms with van der Waals surface area (Å²) in [4.78, 5) is 25.5. The number of carbonyl (C=O) groups excluding carboxylic acids is 1. The summed E-state index contributed by atoms with van der Waals surface area (Å²) < 4.78 is 10.0. The maximum Gasteiger partial charge on any atom is 0.341 e. The molecule has 121 valence electrons. The zero-order chi connectivity index (χ0) is 16.8. The van der Waals surface area contributed by atoms with Gasteiger partial charge in [-0.25, -0.2) is 4.79 Å². The molecule has 0 saturated heterocycles. The summed E-state index contributed by atoms with van der Waals surface area (Å²) in [7, 11) is 1.24. The molecule has 0 fully saturated rings. The van der Waals surface area contributed by atoms with E-state index in [1.165, 1.54) is 19.9 Å². The van der Waals surface area contributed by atoms with E-state index in [0.29, 0.717) is 6.54 Å². The summed E-state index contributed by atoms with van der Waals surface area (Å²) >= 11 is 0. The number of ether oxygens (including phenoxy) is 2. The molecule has 1 heterocycles. The molecule has 23 heavy (non-hydrogen) atoms. The Morgan fingerprint density at radius 3 is 2.74 bits per heavy atom. The predicted octanol–water partition coefficient (Wildman–Crippen LogP) is 1.48. The van der Waals surface area contributed by atoms with E-state index in [0.717, 1.165) is 11.1 Å². The van der Waals surface area contributed by atoms with Crippen LogP contribution >= 0.6 is 0 Å². The normalized spacial score (nSPS) is 10.3. The topological polar surface area (TPSA) is 115 Å². The van der Waals surface area contributed by atoms with Crippen LogP contribution in [0, 0.1) is 6.61 Å². The van der Waals surface area contributed by atoms with Crippen LogP contribution < -0.4 is 10.5 Å². The lowest BCUT2D eigenvalue weighted by Crippen LogP contribution is -2.10. The van der Waals surface area contributed by atoms with Crippen molar-refractivity contribution in [2.75, 3.05) is 7.11 Å². The SMILES string of the molecule is COC(=O)Cc1[nH]cc(O[CH]c2ccccc2CN)c1C(=O)O. The van der Waals surface area contributed by atoms with Crippen molar-refractivity contribution in [2.45, 2.75) is 13.0 Å². The van der Waals surface area contributed by atoms with E-state index in [-0.39, 0.29) is 23.4 Å². The Morgan fingerprint density at radius 1 is 1.35 bits per heavy atom. The van der Waals surface area contributed by atoms with Gasteiger partial charge in [-0.2, -0.15) is 0 Å². The summed E-state index contributed by atoms with van der Waals surface area (Å²) in [6.07, 6.45) is 1.21. The maximum absolute atomic E-state index is 11.4. The fraction of sp³-hybridized carbons (Fsp3) is 0.188. The second-order valence-corrected chi connectivity index (χ2v) is 4.70. The Bertz CT molecular complexity index is 708. The van der Waals surface area contributed by atoms with E-state index in [1.54, 1.807) is 0 Å². The fourth-order valence-corrected chi connectivity index (χ4v) is 2.09. The number of carboxylic acids is 1. The van der Waals surface area contributed by atoms with Gasteiger partial charge in [0.05, 0.1) is 13.5 Å². The molecule has 0 spiro atoms. The van der Waals surface area contributed by atoms with Gasteiger partial charge >= 0.3 is 11.9 Å². The molecule has 0 aliphatic carbocycles. The van der Waals surface area contributed by atoms with Crippen LogP contribution in [0.4, 0.5) is 0 Å². The smallest absolute Gasteiger partial charge is 0.341 e. The van der Waals surface area contributed by atoms with Gasteiger partial charge in [0.2, 0.25) is 0 Å². The Hall–Kier alpha value is -2.80. The van der Waals surface area contributed by atoms with Crippen molar-refractivity contribution >= 4 is 11.9 Å². The highest BCUT2D eigenvalue weighted by molar-refractivity contribution is 5.93. The van der Waals surface area contributed by atoms with Gasteiger partial charge in [0.25, 0.3) is 0 Å². The number of carbonyl (C=O) groups is 2. The highest BCUT2D eigenvalue weighted by atomic mass is 16.5. The molecule has 0 aliphatic heterocycles. The molecule has 0 amide bonds. The molecule has 1 aromatic heterocycles. The number of hydrogen-bond donors (Lipinski definition) is 3. The Kier molecular flexibility index (Phi) is 5.37. The minimum absolute atomic E-state index is 0.100. The van der Waals surface area contributed by atoms with E-state index in [1.807, 2.05) is 24.3 Å².